The molecule has 0 saturated heterocycles. The molecule has 1 radical (unpaired) electrons. The SMILES string of the molecule is N#Cc1nc[c]nn1. The van der Waals surface area contributed by atoms with E-state index < -0.39 is 0 Å². The minimum absolute atomic E-state index is 0.0729. The predicted octanol–water partition coefficient (Wildman–Crippen LogP) is -0.457. The molecule has 37 valence electrons. The van der Waals surface area contributed by atoms with Gasteiger partial charge in [-0.05, 0) is 0 Å². The fraction of sp³-hybridized carbons (Fsp3) is 0. The number of aromatic nitrogens is 3. The minimum atomic E-state index is 0.0729. The van der Waals surface area contributed by atoms with E-state index in [0.717, 1.165) is 0 Å². The molecule has 0 saturated carbocycles. The molecular formula is C4HN4. The molecule has 0 N–H and O–H groups in total. The molecule has 0 unspecified atom stereocenters. The second-order valence-electron chi connectivity index (χ2n) is 1.02. The van der Waals surface area contributed by atoms with E-state index in [-0.39, 0.29) is 5.82 Å². The van der Waals surface area contributed by atoms with Gasteiger partial charge in [-0.3, -0.25) is 0 Å². The maximum Gasteiger partial charge on any atom is 0.252 e. The third-order valence-corrected chi connectivity index (χ3v) is 0.547. The van der Waals surface area contributed by atoms with E-state index in [4.69, 9.17) is 5.26 Å². The monoisotopic (exact) mass is 105 g/mol. The maximum atomic E-state index is 8.11. The Balaban J connectivity index is 3.05. The zero-order chi connectivity index (χ0) is 5.82. The molecule has 0 aliphatic heterocycles. The molecule has 0 aliphatic rings. The Labute approximate surface area is 45.8 Å². The highest BCUT2D eigenvalue weighted by Crippen LogP contribution is 1.75. The summed E-state index contributed by atoms with van der Waals surface area (Å²) in [5.41, 5.74) is 0. The summed E-state index contributed by atoms with van der Waals surface area (Å²) in [6.07, 6.45) is 3.64. The van der Waals surface area contributed by atoms with Crippen molar-refractivity contribution in [2.75, 3.05) is 0 Å². The van der Waals surface area contributed by atoms with E-state index in [9.17, 15) is 0 Å². The average molecular weight is 105 g/mol. The van der Waals surface area contributed by atoms with Gasteiger partial charge >= 0.3 is 0 Å². The van der Waals surface area contributed by atoms with E-state index in [2.05, 4.69) is 21.4 Å². The van der Waals surface area contributed by atoms with Crippen molar-refractivity contribution in [3.05, 3.63) is 18.2 Å². The maximum absolute atomic E-state index is 8.11. The zero-order valence-corrected chi connectivity index (χ0v) is 3.87. The molecule has 4 heteroatoms. The van der Waals surface area contributed by atoms with Crippen LogP contribution in [0.15, 0.2) is 6.20 Å². The van der Waals surface area contributed by atoms with E-state index in [1.54, 1.807) is 6.07 Å². The topological polar surface area (TPSA) is 62.5 Å². The van der Waals surface area contributed by atoms with Crippen LogP contribution in [0.4, 0.5) is 0 Å². The summed E-state index contributed by atoms with van der Waals surface area (Å²) < 4.78 is 0. The Morgan fingerprint density at radius 2 is 2.62 bits per heavy atom. The van der Waals surface area contributed by atoms with Gasteiger partial charge < -0.3 is 0 Å². The molecule has 0 spiro atoms. The van der Waals surface area contributed by atoms with Crippen molar-refractivity contribution >= 4 is 0 Å². The number of hydrogen-bond acceptors (Lipinski definition) is 4. The van der Waals surface area contributed by atoms with Crippen LogP contribution in [-0.2, 0) is 0 Å². The molecule has 1 aromatic heterocycles. The first-order valence-corrected chi connectivity index (χ1v) is 1.89. The molecule has 1 rings (SSSR count). The van der Waals surface area contributed by atoms with Crippen LogP contribution in [0.1, 0.15) is 5.82 Å². The lowest BCUT2D eigenvalue weighted by atomic mass is 10.7. The van der Waals surface area contributed by atoms with Gasteiger partial charge in [-0.1, -0.05) is 0 Å². The first-order chi connectivity index (χ1) is 3.93. The molecule has 0 fully saturated rings. The standard InChI is InChI=1S/C4HN4/c5-3-4-6-1-2-7-8-4/h1H. The fourth-order valence-corrected chi connectivity index (χ4v) is 0.269. The smallest absolute Gasteiger partial charge is 0.224 e. The highest BCUT2D eigenvalue weighted by Gasteiger charge is 1.85. The van der Waals surface area contributed by atoms with E-state index in [0.29, 0.717) is 0 Å². The van der Waals surface area contributed by atoms with E-state index in [1.807, 2.05) is 0 Å². The van der Waals surface area contributed by atoms with Crippen LogP contribution < -0.4 is 0 Å². The molecule has 0 amide bonds. The van der Waals surface area contributed by atoms with Crippen LogP contribution in [0.5, 0.6) is 0 Å². The number of rotatable bonds is 0. The third-order valence-electron chi connectivity index (χ3n) is 0.547. The van der Waals surface area contributed by atoms with Gasteiger partial charge in [0.2, 0.25) is 0 Å². The van der Waals surface area contributed by atoms with Crippen molar-refractivity contribution < 1.29 is 0 Å². The number of nitrogens with zero attached hydrogens (tertiary/aromatic N) is 4. The lowest BCUT2D eigenvalue weighted by molar-refractivity contribution is 0.935. The number of nitriles is 1. The van der Waals surface area contributed by atoms with Crippen molar-refractivity contribution in [2.45, 2.75) is 0 Å². The highest BCUT2D eigenvalue weighted by atomic mass is 15.1. The van der Waals surface area contributed by atoms with Crippen LogP contribution in [-0.4, -0.2) is 15.2 Å². The molecule has 0 aromatic carbocycles. The molecule has 1 aromatic rings. The van der Waals surface area contributed by atoms with Crippen molar-refractivity contribution in [3.63, 3.8) is 0 Å². The van der Waals surface area contributed by atoms with Gasteiger partial charge in [-0.2, -0.15) is 5.26 Å². The Morgan fingerprint density at radius 1 is 1.75 bits per heavy atom. The van der Waals surface area contributed by atoms with Crippen molar-refractivity contribution in [1.82, 2.24) is 15.2 Å². The lowest BCUT2D eigenvalue weighted by Crippen LogP contribution is -1.88. The molecular weight excluding hydrogens is 104 g/mol. The second-order valence-corrected chi connectivity index (χ2v) is 1.02. The lowest BCUT2D eigenvalue weighted by Gasteiger charge is -1.76. The average Bonchev–Trinajstić information content (AvgIpc) is 1.90. The van der Waals surface area contributed by atoms with Crippen LogP contribution in [0.2, 0.25) is 0 Å². The quantitative estimate of drug-likeness (QED) is 0.448. The number of hydrogen-bond donors (Lipinski definition) is 0. The van der Waals surface area contributed by atoms with Gasteiger partial charge in [0.15, 0.2) is 0 Å². The van der Waals surface area contributed by atoms with E-state index in [1.165, 1.54) is 6.20 Å². The largest absolute Gasteiger partial charge is 0.252 e. The normalized spacial score (nSPS) is 7.88. The molecule has 4 nitrogen and oxygen atoms in total. The molecule has 0 bridgehead atoms. The minimum Gasteiger partial charge on any atom is -0.224 e. The van der Waals surface area contributed by atoms with Crippen molar-refractivity contribution in [2.24, 2.45) is 0 Å². The van der Waals surface area contributed by atoms with Gasteiger partial charge in [0.1, 0.15) is 12.3 Å². The predicted molar refractivity (Wildman–Crippen MR) is 23.4 cm³/mol. The third kappa shape index (κ3) is 0.763. The second kappa shape index (κ2) is 1.98. The Morgan fingerprint density at radius 3 is 3.00 bits per heavy atom. The van der Waals surface area contributed by atoms with Crippen LogP contribution in [0.25, 0.3) is 0 Å². The summed E-state index contributed by atoms with van der Waals surface area (Å²) in [5, 5.41) is 14.7. The first kappa shape index (κ1) is 4.65. The highest BCUT2D eigenvalue weighted by molar-refractivity contribution is 5.04. The summed E-state index contributed by atoms with van der Waals surface area (Å²) in [6, 6.07) is 1.72. The van der Waals surface area contributed by atoms with Gasteiger partial charge in [0.25, 0.3) is 5.82 Å². The molecule has 0 aliphatic carbocycles. The van der Waals surface area contributed by atoms with Gasteiger partial charge in [-0.15, -0.1) is 10.2 Å². The zero-order valence-electron chi connectivity index (χ0n) is 3.87. The Kier molecular flexibility index (Phi) is 1.15. The van der Waals surface area contributed by atoms with Gasteiger partial charge in [0, 0.05) is 0 Å². The molecule has 8 heavy (non-hydrogen) atoms. The van der Waals surface area contributed by atoms with Crippen LogP contribution in [0, 0.1) is 17.5 Å². The summed E-state index contributed by atoms with van der Waals surface area (Å²) in [4.78, 5) is 3.51. The molecule has 1 heterocycles. The van der Waals surface area contributed by atoms with Crippen molar-refractivity contribution in [3.8, 4) is 6.07 Å². The van der Waals surface area contributed by atoms with Crippen LogP contribution >= 0.6 is 0 Å². The van der Waals surface area contributed by atoms with Crippen LogP contribution in [0.3, 0.4) is 0 Å². The summed E-state index contributed by atoms with van der Waals surface area (Å²) in [7, 11) is 0. The molecule has 0 atom stereocenters. The first-order valence-electron chi connectivity index (χ1n) is 1.89. The Bertz CT molecular complexity index is 199. The van der Waals surface area contributed by atoms with Gasteiger partial charge in [0.05, 0.1) is 6.20 Å². The fourth-order valence-electron chi connectivity index (χ4n) is 0.269. The summed E-state index contributed by atoms with van der Waals surface area (Å²) in [6.45, 7) is 0. The Hall–Kier alpha value is -1.50. The summed E-state index contributed by atoms with van der Waals surface area (Å²) >= 11 is 0. The van der Waals surface area contributed by atoms with Gasteiger partial charge in [-0.25, -0.2) is 4.98 Å². The summed E-state index contributed by atoms with van der Waals surface area (Å²) in [5.74, 6) is 0.0729. The van der Waals surface area contributed by atoms with E-state index >= 15 is 0 Å². The van der Waals surface area contributed by atoms with Crippen molar-refractivity contribution in [1.29, 1.82) is 5.26 Å².